The van der Waals surface area contributed by atoms with Crippen LogP contribution in [0.3, 0.4) is 0 Å². The molecule has 2 N–H and O–H groups in total. The van der Waals surface area contributed by atoms with E-state index < -0.39 is 23.4 Å². The first-order chi connectivity index (χ1) is 17.2. The summed E-state index contributed by atoms with van der Waals surface area (Å²) in [6.45, 7) is 2.28. The highest BCUT2D eigenvalue weighted by molar-refractivity contribution is 5.92. The Labute approximate surface area is 211 Å². The minimum Gasteiger partial charge on any atom is -0.388 e. The van der Waals surface area contributed by atoms with Crippen LogP contribution in [0.1, 0.15) is 50.5 Å². The third kappa shape index (κ3) is 2.76. The second-order valence-electron chi connectivity index (χ2n) is 12.3. The number of carbonyl (C=O) groups excluding carboxylic acids is 1. The minimum absolute atomic E-state index is 0.0783. The van der Waals surface area contributed by atoms with Gasteiger partial charge in [-0.25, -0.2) is 0 Å². The molecule has 5 aliphatic rings. The van der Waals surface area contributed by atoms with Gasteiger partial charge in [0.2, 0.25) is 0 Å². The van der Waals surface area contributed by atoms with Crippen LogP contribution in [-0.4, -0.2) is 69.4 Å². The number of pyridine rings is 1. The van der Waals surface area contributed by atoms with Crippen molar-refractivity contribution in [3.8, 4) is 0 Å². The zero-order valence-electron chi connectivity index (χ0n) is 21.1. The standard InChI is InChI=1S/C30H34N2O4/c1-28-8-6-20-13-21-26(34)27(35)22(32(2)3)15-29(21)9-10-30(20,36-29)24(28)14-23(33)25(28)18-4-5-19-16-31-11-7-17(19)12-18/h4-7,11-13,16,22,24-27,34-35H,8-10,14-15H2,1-3H3/t22-,24+,25-,26+,27+,28-,29+,30+/m0/s1. The van der Waals surface area contributed by atoms with Crippen LogP contribution >= 0.6 is 0 Å². The molecule has 3 aliphatic carbocycles. The number of benzene rings is 1. The molecule has 1 saturated heterocycles. The van der Waals surface area contributed by atoms with Crippen LogP contribution in [0.2, 0.25) is 0 Å². The van der Waals surface area contributed by atoms with E-state index in [0.29, 0.717) is 18.6 Å². The highest BCUT2D eigenvalue weighted by Gasteiger charge is 2.69. The van der Waals surface area contributed by atoms with Gasteiger partial charge in [0.1, 0.15) is 11.9 Å². The van der Waals surface area contributed by atoms with E-state index in [1.54, 1.807) is 6.20 Å². The number of allylic oxidation sites excluding steroid dienone is 1. The summed E-state index contributed by atoms with van der Waals surface area (Å²) in [4.78, 5) is 20.0. The van der Waals surface area contributed by atoms with Crippen LogP contribution in [0.15, 0.2) is 60.0 Å². The fourth-order valence-corrected chi connectivity index (χ4v) is 8.56. The van der Waals surface area contributed by atoms with E-state index in [4.69, 9.17) is 4.74 Å². The first-order valence-electron chi connectivity index (χ1n) is 13.2. The number of likely N-dealkylation sites (N-methyl/N-ethyl adjacent to an activating group) is 1. The number of hydrogen-bond acceptors (Lipinski definition) is 6. The number of carbonyl (C=O) groups is 1. The van der Waals surface area contributed by atoms with Gasteiger partial charge in [-0.05, 0) is 73.4 Å². The molecule has 1 aromatic heterocycles. The van der Waals surface area contributed by atoms with Crippen molar-refractivity contribution in [2.24, 2.45) is 11.3 Å². The number of Topliss-reactive ketones (excluding diaryl/α,β-unsaturated/α-hetero) is 1. The summed E-state index contributed by atoms with van der Waals surface area (Å²) in [5.74, 6) is 0.199. The lowest BCUT2D eigenvalue weighted by atomic mass is 9.58. The van der Waals surface area contributed by atoms with Crippen molar-refractivity contribution in [1.29, 1.82) is 0 Å². The maximum atomic E-state index is 13.8. The molecule has 2 saturated carbocycles. The number of aromatic nitrogens is 1. The molecular weight excluding hydrogens is 452 g/mol. The molecule has 7 rings (SSSR count). The summed E-state index contributed by atoms with van der Waals surface area (Å²) < 4.78 is 7.17. The van der Waals surface area contributed by atoms with Gasteiger partial charge in [0.15, 0.2) is 0 Å². The van der Waals surface area contributed by atoms with Crippen LogP contribution in [0.25, 0.3) is 10.8 Å². The number of nitrogens with zero attached hydrogens (tertiary/aromatic N) is 2. The molecule has 1 aromatic carbocycles. The van der Waals surface area contributed by atoms with Crippen LogP contribution in [0, 0.1) is 11.3 Å². The van der Waals surface area contributed by atoms with Crippen LogP contribution in [0.4, 0.5) is 0 Å². The summed E-state index contributed by atoms with van der Waals surface area (Å²) in [6, 6.07) is 8.18. The van der Waals surface area contributed by atoms with Gasteiger partial charge in [-0.2, -0.15) is 0 Å². The maximum Gasteiger partial charge on any atom is 0.141 e. The van der Waals surface area contributed by atoms with Crippen LogP contribution < -0.4 is 0 Å². The first kappa shape index (κ1) is 22.8. The summed E-state index contributed by atoms with van der Waals surface area (Å²) in [5.41, 5.74) is 1.66. The molecule has 2 spiro atoms. The number of aliphatic hydroxyl groups is 2. The van der Waals surface area contributed by atoms with Crippen molar-refractivity contribution in [3.63, 3.8) is 0 Å². The molecular formula is C30H34N2O4. The summed E-state index contributed by atoms with van der Waals surface area (Å²) in [6.07, 6.45) is 9.85. The molecule has 6 heteroatoms. The molecule has 8 atom stereocenters. The molecule has 188 valence electrons. The Morgan fingerprint density at radius 3 is 2.78 bits per heavy atom. The van der Waals surface area contributed by atoms with Gasteiger partial charge < -0.3 is 19.8 Å². The second-order valence-corrected chi connectivity index (χ2v) is 12.3. The van der Waals surface area contributed by atoms with E-state index in [-0.39, 0.29) is 23.3 Å². The highest BCUT2D eigenvalue weighted by atomic mass is 16.5. The van der Waals surface area contributed by atoms with Gasteiger partial charge in [0.05, 0.1) is 17.3 Å². The third-order valence-corrected chi connectivity index (χ3v) is 10.3. The Balaban J connectivity index is 1.32. The zero-order valence-corrected chi connectivity index (χ0v) is 21.1. The number of ether oxygens (including phenoxy) is 1. The van der Waals surface area contributed by atoms with E-state index in [0.717, 1.165) is 46.7 Å². The van der Waals surface area contributed by atoms with Crippen molar-refractivity contribution in [1.82, 2.24) is 9.88 Å². The minimum atomic E-state index is -0.943. The van der Waals surface area contributed by atoms with Gasteiger partial charge in [-0.1, -0.05) is 37.3 Å². The Morgan fingerprint density at radius 1 is 1.14 bits per heavy atom. The van der Waals surface area contributed by atoms with Crippen molar-refractivity contribution in [2.75, 3.05) is 14.1 Å². The Morgan fingerprint density at radius 2 is 1.97 bits per heavy atom. The molecule has 2 aromatic rings. The topological polar surface area (TPSA) is 82.9 Å². The smallest absolute Gasteiger partial charge is 0.141 e. The Bertz CT molecular complexity index is 1350. The van der Waals surface area contributed by atoms with E-state index in [1.165, 1.54) is 0 Å². The van der Waals surface area contributed by atoms with Gasteiger partial charge in [0.25, 0.3) is 0 Å². The van der Waals surface area contributed by atoms with Gasteiger partial charge in [0, 0.05) is 42.1 Å². The van der Waals surface area contributed by atoms with E-state index >= 15 is 0 Å². The van der Waals surface area contributed by atoms with Crippen LogP contribution in [-0.2, 0) is 9.53 Å². The van der Waals surface area contributed by atoms with Gasteiger partial charge >= 0.3 is 0 Å². The average molecular weight is 487 g/mol. The van der Waals surface area contributed by atoms with Crippen LogP contribution in [0.5, 0.6) is 0 Å². The molecule has 2 bridgehead atoms. The molecule has 0 amide bonds. The summed E-state index contributed by atoms with van der Waals surface area (Å²) in [7, 11) is 3.89. The SMILES string of the molecule is CN(C)[C@H]1C[C@@]23CC[C@@]4(O2)C(=CC[C@]2(C)[C@@H](c5ccc6cnccc6c5)C(=O)C[C@H]24)C=C3[C@@H](O)[C@@H]1O. The fourth-order valence-electron chi connectivity index (χ4n) is 8.56. The normalized spacial score (nSPS) is 43.2. The predicted octanol–water partition coefficient (Wildman–Crippen LogP) is 3.53. The predicted molar refractivity (Wildman–Crippen MR) is 136 cm³/mol. The summed E-state index contributed by atoms with van der Waals surface area (Å²) >= 11 is 0. The van der Waals surface area contributed by atoms with Gasteiger partial charge in [-0.3, -0.25) is 9.78 Å². The number of rotatable bonds is 2. The van der Waals surface area contributed by atoms with Gasteiger partial charge in [-0.15, -0.1) is 0 Å². The molecule has 36 heavy (non-hydrogen) atoms. The molecule has 3 fully saturated rings. The number of hydrogen-bond donors (Lipinski definition) is 2. The molecule has 2 aliphatic heterocycles. The van der Waals surface area contributed by atoms with Crippen molar-refractivity contribution >= 4 is 16.6 Å². The molecule has 0 unspecified atom stereocenters. The number of ketones is 1. The zero-order chi connectivity index (χ0) is 25.0. The summed E-state index contributed by atoms with van der Waals surface area (Å²) in [5, 5.41) is 24.2. The second kappa shape index (κ2) is 7.35. The van der Waals surface area contributed by atoms with Crippen molar-refractivity contribution in [2.45, 2.75) is 74.4 Å². The molecule has 0 radical (unpaired) electrons. The highest BCUT2D eigenvalue weighted by Crippen LogP contribution is 2.68. The fraction of sp³-hybridized carbons (Fsp3) is 0.533. The van der Waals surface area contributed by atoms with E-state index in [9.17, 15) is 15.0 Å². The maximum absolute atomic E-state index is 13.8. The lowest BCUT2D eigenvalue weighted by molar-refractivity contribution is -0.165. The van der Waals surface area contributed by atoms with Crippen molar-refractivity contribution in [3.05, 3.63) is 65.5 Å². The molecule has 6 nitrogen and oxygen atoms in total. The number of aliphatic hydroxyl groups excluding tert-OH is 2. The number of fused-ring (bicyclic) bond motifs is 2. The first-order valence-corrected chi connectivity index (χ1v) is 13.2. The van der Waals surface area contributed by atoms with E-state index in [1.807, 2.05) is 31.3 Å². The molecule has 3 heterocycles. The third-order valence-electron chi connectivity index (χ3n) is 10.3. The monoisotopic (exact) mass is 486 g/mol. The average Bonchev–Trinajstić information content (AvgIpc) is 3.32. The Hall–Kier alpha value is -2.38. The lowest BCUT2D eigenvalue weighted by Gasteiger charge is -2.55. The largest absolute Gasteiger partial charge is 0.388 e. The lowest BCUT2D eigenvalue weighted by Crippen LogP contribution is -2.61. The van der Waals surface area contributed by atoms with E-state index in [2.05, 4.69) is 42.3 Å². The quantitative estimate of drug-likeness (QED) is 0.676. The Kier molecular flexibility index (Phi) is 4.65. The van der Waals surface area contributed by atoms with Crippen molar-refractivity contribution < 1.29 is 19.7 Å².